The van der Waals surface area contributed by atoms with Crippen molar-refractivity contribution in [1.29, 1.82) is 0 Å². The molecule has 0 aromatic carbocycles. The van der Waals surface area contributed by atoms with Crippen LogP contribution < -0.4 is 0 Å². The number of halogens is 3. The van der Waals surface area contributed by atoms with Crippen molar-refractivity contribution < 1.29 is 37.6 Å². The van der Waals surface area contributed by atoms with E-state index in [1.165, 1.54) is 0 Å². The summed E-state index contributed by atoms with van der Waals surface area (Å²) < 4.78 is 48.6. The van der Waals surface area contributed by atoms with Gasteiger partial charge in [0.25, 0.3) is 0 Å². The maximum Gasteiger partial charge on any atom is 0.220 e. The van der Waals surface area contributed by atoms with Crippen LogP contribution in [0.5, 0.6) is 0 Å². The Morgan fingerprint density at radius 3 is 1.38 bits per heavy atom. The number of ether oxygens (including phenoxy) is 3. The van der Waals surface area contributed by atoms with Gasteiger partial charge in [0.1, 0.15) is 26.1 Å². The Kier molecular flexibility index (Phi) is 24.4. The molecule has 0 aliphatic rings. The summed E-state index contributed by atoms with van der Waals surface area (Å²) in [4.78, 5) is 0. The van der Waals surface area contributed by atoms with Crippen LogP contribution in [0.3, 0.4) is 0 Å². The number of hydrogen-bond donors (Lipinski definition) is 2. The van der Waals surface area contributed by atoms with E-state index in [0.717, 1.165) is 0 Å². The Morgan fingerprint density at radius 2 is 1.17 bits per heavy atom. The molecular weight excluding hydrogens is 329 g/mol. The van der Waals surface area contributed by atoms with E-state index in [1.54, 1.807) is 13.8 Å². The molecule has 0 aromatic rings. The van der Waals surface area contributed by atoms with Gasteiger partial charge in [-0.25, -0.2) is 13.2 Å². The van der Waals surface area contributed by atoms with Crippen LogP contribution in [0.2, 0.25) is 0 Å². The van der Waals surface area contributed by atoms with Gasteiger partial charge in [-0.05, 0) is 41.5 Å². The minimum Gasteiger partial charge on any atom is -0.388 e. The van der Waals surface area contributed by atoms with Gasteiger partial charge in [0, 0.05) is 0 Å². The summed E-state index contributed by atoms with van der Waals surface area (Å²) >= 11 is 0. The fourth-order valence-corrected chi connectivity index (χ4v) is 0.900. The summed E-state index contributed by atoms with van der Waals surface area (Å²) in [6.07, 6.45) is -2.58. The third-order valence-corrected chi connectivity index (χ3v) is 1.90. The Balaban J connectivity index is -0.000000278. The highest BCUT2D eigenvalue weighted by Crippen LogP contribution is 1.92. The number of alkyl halides is 3. The van der Waals surface area contributed by atoms with Gasteiger partial charge in [-0.2, -0.15) is 0 Å². The molecule has 0 saturated heterocycles. The van der Waals surface area contributed by atoms with E-state index in [2.05, 4.69) is 4.74 Å². The maximum absolute atomic E-state index is 11.5. The Morgan fingerprint density at radius 1 is 0.750 bits per heavy atom. The SMILES string of the molecule is CC(C)OCC(O)CF.CC(C)OCC(O)F.CC(C)OCCF. The van der Waals surface area contributed by atoms with Crippen LogP contribution in [-0.4, -0.2) is 74.2 Å². The molecule has 0 heterocycles. The Hall–Kier alpha value is -0.410. The maximum atomic E-state index is 11.5. The highest BCUT2D eigenvalue weighted by Gasteiger charge is 2.03. The topological polar surface area (TPSA) is 68.2 Å². The smallest absolute Gasteiger partial charge is 0.220 e. The van der Waals surface area contributed by atoms with Gasteiger partial charge in [-0.3, -0.25) is 0 Å². The zero-order chi connectivity index (χ0) is 19.5. The fourth-order valence-electron chi connectivity index (χ4n) is 0.900. The molecule has 0 spiro atoms. The molecule has 0 fully saturated rings. The van der Waals surface area contributed by atoms with E-state index < -0.39 is 19.1 Å². The second-order valence-corrected chi connectivity index (χ2v) is 5.62. The molecule has 8 heteroatoms. The fraction of sp³-hybridized carbons (Fsp3) is 1.00. The van der Waals surface area contributed by atoms with Crippen molar-refractivity contribution in [3.8, 4) is 0 Å². The first kappa shape index (κ1) is 28.4. The molecular formula is C16H35F3O5. The lowest BCUT2D eigenvalue weighted by atomic mass is 10.4. The Bertz CT molecular complexity index is 222. The van der Waals surface area contributed by atoms with Crippen molar-refractivity contribution in [2.75, 3.05) is 33.2 Å². The summed E-state index contributed by atoms with van der Waals surface area (Å²) in [5.74, 6) is 0. The standard InChI is InChI=1S/C6H13FO2.C5H11FO2.C5H11FO/c1-5(2)9-4-6(8)3-7;1-4(2)8-3-5(6)7;1-5(2)7-4-3-6/h5-6,8H,3-4H2,1-2H3;4-5,7H,3H2,1-2H3;5H,3-4H2,1-2H3. The van der Waals surface area contributed by atoms with E-state index in [-0.39, 0.29) is 44.8 Å². The monoisotopic (exact) mass is 364 g/mol. The summed E-state index contributed by atoms with van der Waals surface area (Å²) in [6.45, 7) is 10.0. The number of aliphatic hydroxyl groups is 2. The van der Waals surface area contributed by atoms with Crippen molar-refractivity contribution in [2.45, 2.75) is 72.3 Å². The quantitative estimate of drug-likeness (QED) is 0.624. The summed E-state index contributed by atoms with van der Waals surface area (Å²) in [6, 6.07) is 0. The van der Waals surface area contributed by atoms with E-state index in [1.807, 2.05) is 27.7 Å². The minimum absolute atomic E-state index is 0.0135. The average molecular weight is 364 g/mol. The molecule has 24 heavy (non-hydrogen) atoms. The minimum atomic E-state index is -1.84. The molecule has 0 aliphatic carbocycles. The predicted molar refractivity (Wildman–Crippen MR) is 88.3 cm³/mol. The van der Waals surface area contributed by atoms with E-state index in [4.69, 9.17) is 19.7 Å². The van der Waals surface area contributed by atoms with Gasteiger partial charge in [0.2, 0.25) is 6.36 Å². The average Bonchev–Trinajstić information content (AvgIpc) is 2.49. The van der Waals surface area contributed by atoms with Gasteiger partial charge in [0.15, 0.2) is 0 Å². The van der Waals surface area contributed by atoms with Gasteiger partial charge >= 0.3 is 0 Å². The zero-order valence-corrected chi connectivity index (χ0v) is 15.7. The highest BCUT2D eigenvalue weighted by molar-refractivity contribution is 4.50. The van der Waals surface area contributed by atoms with Crippen LogP contribution >= 0.6 is 0 Å². The van der Waals surface area contributed by atoms with E-state index in [0.29, 0.717) is 0 Å². The van der Waals surface area contributed by atoms with Gasteiger partial charge in [0.05, 0.1) is 31.5 Å². The van der Waals surface area contributed by atoms with Crippen LogP contribution in [0.4, 0.5) is 13.2 Å². The lowest BCUT2D eigenvalue weighted by Gasteiger charge is -2.09. The van der Waals surface area contributed by atoms with Crippen molar-refractivity contribution in [1.82, 2.24) is 0 Å². The van der Waals surface area contributed by atoms with Crippen molar-refractivity contribution in [3.63, 3.8) is 0 Å². The van der Waals surface area contributed by atoms with E-state index in [9.17, 15) is 13.2 Å². The largest absolute Gasteiger partial charge is 0.388 e. The molecule has 0 aromatic heterocycles. The normalized spacial score (nSPS) is 13.2. The molecule has 2 unspecified atom stereocenters. The lowest BCUT2D eigenvalue weighted by molar-refractivity contribution is -0.0565. The molecule has 0 amide bonds. The van der Waals surface area contributed by atoms with Crippen molar-refractivity contribution >= 4 is 0 Å². The van der Waals surface area contributed by atoms with Crippen LogP contribution in [0.15, 0.2) is 0 Å². The third kappa shape index (κ3) is 37.7. The van der Waals surface area contributed by atoms with Crippen molar-refractivity contribution in [2.24, 2.45) is 0 Å². The number of rotatable bonds is 10. The van der Waals surface area contributed by atoms with Gasteiger partial charge < -0.3 is 24.4 Å². The molecule has 0 rings (SSSR count). The molecule has 0 bridgehead atoms. The molecule has 2 atom stereocenters. The molecule has 5 nitrogen and oxygen atoms in total. The first-order chi connectivity index (χ1) is 11.1. The molecule has 0 radical (unpaired) electrons. The lowest BCUT2D eigenvalue weighted by Crippen LogP contribution is -2.19. The second kappa shape index (κ2) is 20.6. The second-order valence-electron chi connectivity index (χ2n) is 5.62. The highest BCUT2D eigenvalue weighted by atomic mass is 19.1. The van der Waals surface area contributed by atoms with Crippen LogP contribution in [0.25, 0.3) is 0 Å². The first-order valence-corrected chi connectivity index (χ1v) is 8.03. The van der Waals surface area contributed by atoms with Gasteiger partial charge in [-0.15, -0.1) is 0 Å². The zero-order valence-electron chi connectivity index (χ0n) is 15.7. The predicted octanol–water partition coefficient (Wildman–Crippen LogP) is 2.82. The number of aliphatic hydroxyl groups excluding tert-OH is 2. The van der Waals surface area contributed by atoms with Crippen LogP contribution in [0.1, 0.15) is 41.5 Å². The Labute approximate surface area is 144 Å². The van der Waals surface area contributed by atoms with E-state index >= 15 is 0 Å². The molecule has 0 saturated carbocycles. The molecule has 0 aliphatic heterocycles. The summed E-state index contributed by atoms with van der Waals surface area (Å²) in [5.41, 5.74) is 0. The van der Waals surface area contributed by atoms with Gasteiger partial charge in [-0.1, -0.05) is 0 Å². The summed E-state index contributed by atoms with van der Waals surface area (Å²) in [5, 5.41) is 16.6. The first-order valence-electron chi connectivity index (χ1n) is 8.03. The van der Waals surface area contributed by atoms with Crippen LogP contribution in [0, 0.1) is 0 Å². The number of hydrogen-bond acceptors (Lipinski definition) is 5. The molecule has 150 valence electrons. The van der Waals surface area contributed by atoms with Crippen LogP contribution in [-0.2, 0) is 14.2 Å². The third-order valence-electron chi connectivity index (χ3n) is 1.90. The summed E-state index contributed by atoms with van der Waals surface area (Å²) in [7, 11) is 0. The van der Waals surface area contributed by atoms with Crippen molar-refractivity contribution in [3.05, 3.63) is 0 Å². The molecule has 2 N–H and O–H groups in total.